The number of likely N-dealkylation sites (tertiary alicyclic amines) is 1. The number of hydrogen-bond donors (Lipinski definition) is 0. The summed E-state index contributed by atoms with van der Waals surface area (Å²) in [6.07, 6.45) is 1.85. The van der Waals surface area contributed by atoms with Crippen LogP contribution in [0.25, 0.3) is 0 Å². The van der Waals surface area contributed by atoms with Gasteiger partial charge in [0.15, 0.2) is 11.5 Å². The van der Waals surface area contributed by atoms with Gasteiger partial charge in [0.2, 0.25) is 15.9 Å². The molecular formula is C25H28N4O5S. The fraction of sp³-hybridized carbons (Fsp3) is 0.440. The predicted molar refractivity (Wildman–Crippen MR) is 127 cm³/mol. The number of nitrogens with zero attached hydrogens (tertiary/aromatic N) is 4. The Hall–Kier alpha value is -3.13. The number of rotatable bonds is 5. The number of ether oxygens (including phenoxy) is 2. The maximum Gasteiger partial charge on any atom is 0.243 e. The number of hydrogen-bond acceptors (Lipinski definition) is 7. The standard InChI is InChI=1S/C25H28N4O5S/c26-17-19-3-6-21(7-4-19)35(31,32)28-12-10-27(11-13-28)18-25(30)29-9-1-2-22(29)20-5-8-23-24(16-20)34-15-14-33-23/h3-8,16,22H,1-2,9-15,18H2/t22-/m0/s1. The molecular weight excluding hydrogens is 468 g/mol. The molecule has 0 unspecified atom stereocenters. The van der Waals surface area contributed by atoms with E-state index in [1.54, 1.807) is 0 Å². The monoisotopic (exact) mass is 496 g/mol. The molecule has 0 radical (unpaired) electrons. The average molecular weight is 497 g/mol. The number of amides is 1. The van der Waals surface area contributed by atoms with Crippen molar-refractivity contribution in [3.05, 3.63) is 53.6 Å². The lowest BCUT2D eigenvalue weighted by atomic mass is 10.0. The van der Waals surface area contributed by atoms with E-state index in [9.17, 15) is 13.2 Å². The van der Waals surface area contributed by atoms with Gasteiger partial charge in [0.25, 0.3) is 0 Å². The molecule has 3 heterocycles. The molecule has 9 nitrogen and oxygen atoms in total. The Balaban J connectivity index is 1.19. The second kappa shape index (κ2) is 9.85. The lowest BCUT2D eigenvalue weighted by Gasteiger charge is -2.35. The van der Waals surface area contributed by atoms with Gasteiger partial charge in [-0.25, -0.2) is 8.42 Å². The minimum absolute atomic E-state index is 0.0105. The van der Waals surface area contributed by atoms with Gasteiger partial charge in [-0.05, 0) is 54.8 Å². The summed E-state index contributed by atoms with van der Waals surface area (Å²) >= 11 is 0. The summed E-state index contributed by atoms with van der Waals surface area (Å²) in [5.74, 6) is 1.53. The predicted octanol–water partition coefficient (Wildman–Crippen LogP) is 2.00. The maximum atomic E-state index is 13.2. The zero-order valence-electron chi connectivity index (χ0n) is 19.4. The van der Waals surface area contributed by atoms with Crippen molar-refractivity contribution < 1.29 is 22.7 Å². The van der Waals surface area contributed by atoms with Gasteiger partial charge in [-0.2, -0.15) is 9.57 Å². The van der Waals surface area contributed by atoms with Gasteiger partial charge in [0.1, 0.15) is 13.2 Å². The van der Waals surface area contributed by atoms with Crippen LogP contribution in [0, 0.1) is 11.3 Å². The zero-order chi connectivity index (χ0) is 24.4. The Labute approximate surface area is 205 Å². The Morgan fingerprint density at radius 1 is 0.971 bits per heavy atom. The van der Waals surface area contributed by atoms with Gasteiger partial charge in [-0.3, -0.25) is 9.69 Å². The SMILES string of the molecule is N#Cc1ccc(S(=O)(=O)N2CCN(CC(=O)N3CCC[C@H]3c3ccc4c(c3)OCCO4)CC2)cc1. The molecule has 10 heteroatoms. The maximum absolute atomic E-state index is 13.2. The van der Waals surface area contributed by atoms with E-state index in [0.29, 0.717) is 51.5 Å². The lowest BCUT2D eigenvalue weighted by Crippen LogP contribution is -2.51. The Bertz CT molecular complexity index is 1230. The molecule has 3 aliphatic heterocycles. The second-order valence-electron chi connectivity index (χ2n) is 8.96. The fourth-order valence-electron chi connectivity index (χ4n) is 4.94. The average Bonchev–Trinajstić information content (AvgIpc) is 3.39. The van der Waals surface area contributed by atoms with Crippen LogP contribution in [0.5, 0.6) is 11.5 Å². The number of carbonyl (C=O) groups is 1. The third kappa shape index (κ3) is 4.85. The molecule has 1 atom stereocenters. The molecule has 0 saturated carbocycles. The van der Waals surface area contributed by atoms with Crippen LogP contribution in [0.1, 0.15) is 30.0 Å². The first-order valence-electron chi connectivity index (χ1n) is 11.9. The number of piperazine rings is 1. The van der Waals surface area contributed by atoms with Crippen molar-refractivity contribution in [2.24, 2.45) is 0 Å². The van der Waals surface area contributed by atoms with E-state index in [0.717, 1.165) is 29.9 Å². The first kappa shape index (κ1) is 23.6. The number of sulfonamides is 1. The molecule has 184 valence electrons. The van der Waals surface area contributed by atoms with Crippen LogP contribution in [-0.4, -0.2) is 80.9 Å². The van der Waals surface area contributed by atoms with E-state index >= 15 is 0 Å². The van der Waals surface area contributed by atoms with Crippen molar-refractivity contribution in [1.29, 1.82) is 5.26 Å². The van der Waals surface area contributed by atoms with Gasteiger partial charge in [0, 0.05) is 32.7 Å². The molecule has 0 N–H and O–H groups in total. The molecule has 35 heavy (non-hydrogen) atoms. The summed E-state index contributed by atoms with van der Waals surface area (Å²) in [7, 11) is -3.63. The topological polar surface area (TPSA) is 103 Å². The minimum atomic E-state index is -3.63. The van der Waals surface area contributed by atoms with Gasteiger partial charge in [-0.15, -0.1) is 0 Å². The quantitative estimate of drug-likeness (QED) is 0.624. The molecule has 2 fully saturated rings. The molecule has 0 spiro atoms. The summed E-state index contributed by atoms with van der Waals surface area (Å²) in [4.78, 5) is 17.4. The lowest BCUT2D eigenvalue weighted by molar-refractivity contribution is -0.133. The summed E-state index contributed by atoms with van der Waals surface area (Å²) in [6, 6.07) is 13.9. The first-order chi connectivity index (χ1) is 17.0. The van der Waals surface area contributed by atoms with Crippen LogP contribution in [0.4, 0.5) is 0 Å². The van der Waals surface area contributed by atoms with Gasteiger partial charge < -0.3 is 14.4 Å². The van der Waals surface area contributed by atoms with E-state index in [1.165, 1.54) is 28.6 Å². The van der Waals surface area contributed by atoms with Crippen molar-refractivity contribution in [1.82, 2.24) is 14.1 Å². The smallest absolute Gasteiger partial charge is 0.243 e. The van der Waals surface area contributed by atoms with Gasteiger partial charge in [-0.1, -0.05) is 6.07 Å². The van der Waals surface area contributed by atoms with Crippen molar-refractivity contribution in [3.8, 4) is 17.6 Å². The van der Waals surface area contributed by atoms with Crippen LogP contribution >= 0.6 is 0 Å². The molecule has 1 amide bonds. The molecule has 2 saturated heterocycles. The summed E-state index contributed by atoms with van der Waals surface area (Å²) in [6.45, 7) is 3.67. The number of fused-ring (bicyclic) bond motifs is 1. The fourth-order valence-corrected chi connectivity index (χ4v) is 6.36. The molecule has 5 rings (SSSR count). The molecule has 3 aliphatic rings. The van der Waals surface area contributed by atoms with E-state index < -0.39 is 10.0 Å². The van der Waals surface area contributed by atoms with Crippen LogP contribution in [0.15, 0.2) is 47.4 Å². The van der Waals surface area contributed by atoms with Crippen LogP contribution < -0.4 is 9.47 Å². The van der Waals surface area contributed by atoms with Gasteiger partial charge >= 0.3 is 0 Å². The summed E-state index contributed by atoms with van der Waals surface area (Å²) in [5.41, 5.74) is 1.47. The number of benzene rings is 2. The van der Waals surface area contributed by atoms with Gasteiger partial charge in [0.05, 0.1) is 29.1 Å². The molecule has 0 aliphatic carbocycles. The third-order valence-corrected chi connectivity index (χ3v) is 8.75. The summed E-state index contributed by atoms with van der Waals surface area (Å²) < 4.78 is 38.7. The Morgan fingerprint density at radius 3 is 2.40 bits per heavy atom. The van der Waals surface area contributed by atoms with Crippen LogP contribution in [-0.2, 0) is 14.8 Å². The number of nitriles is 1. The normalized spacial score (nSPS) is 21.0. The van der Waals surface area contributed by atoms with E-state index in [4.69, 9.17) is 14.7 Å². The van der Waals surface area contributed by atoms with Crippen molar-refractivity contribution >= 4 is 15.9 Å². The summed E-state index contributed by atoms with van der Waals surface area (Å²) in [5, 5.41) is 8.93. The molecule has 2 aromatic rings. The third-order valence-electron chi connectivity index (χ3n) is 6.84. The Kier molecular flexibility index (Phi) is 6.65. The highest BCUT2D eigenvalue weighted by molar-refractivity contribution is 7.89. The van der Waals surface area contributed by atoms with Crippen molar-refractivity contribution in [2.75, 3.05) is 52.5 Å². The molecule has 0 bridgehead atoms. The zero-order valence-corrected chi connectivity index (χ0v) is 20.2. The minimum Gasteiger partial charge on any atom is -0.486 e. The molecule has 2 aromatic carbocycles. The first-order valence-corrected chi connectivity index (χ1v) is 13.3. The van der Waals surface area contributed by atoms with E-state index in [-0.39, 0.29) is 23.4 Å². The van der Waals surface area contributed by atoms with Crippen molar-refractivity contribution in [2.45, 2.75) is 23.8 Å². The Morgan fingerprint density at radius 2 is 1.69 bits per heavy atom. The van der Waals surface area contributed by atoms with E-state index in [2.05, 4.69) is 0 Å². The molecule has 0 aromatic heterocycles. The highest BCUT2D eigenvalue weighted by Crippen LogP contribution is 2.38. The highest BCUT2D eigenvalue weighted by atomic mass is 32.2. The van der Waals surface area contributed by atoms with E-state index in [1.807, 2.05) is 34.1 Å². The van der Waals surface area contributed by atoms with Crippen molar-refractivity contribution in [3.63, 3.8) is 0 Å². The second-order valence-corrected chi connectivity index (χ2v) is 10.9. The van der Waals surface area contributed by atoms with Crippen LogP contribution in [0.3, 0.4) is 0 Å². The van der Waals surface area contributed by atoms with Crippen LogP contribution in [0.2, 0.25) is 0 Å². The number of carbonyl (C=O) groups excluding carboxylic acids is 1. The highest BCUT2D eigenvalue weighted by Gasteiger charge is 2.33. The largest absolute Gasteiger partial charge is 0.486 e.